The van der Waals surface area contributed by atoms with Crippen molar-refractivity contribution in [3.63, 3.8) is 0 Å². The van der Waals surface area contributed by atoms with Crippen molar-refractivity contribution in [2.45, 2.75) is 51.5 Å². The molecule has 1 aliphatic heterocycles. The maximum atomic E-state index is 13.3. The highest BCUT2D eigenvalue weighted by Crippen LogP contribution is 2.28. The Balaban J connectivity index is 2.13. The largest absolute Gasteiger partial charge is 0.374 e. The molecule has 4 atom stereocenters. The second-order valence-corrected chi connectivity index (χ2v) is 10.1. The molecule has 0 bridgehead atoms. The molecule has 1 aromatic carbocycles. The van der Waals surface area contributed by atoms with E-state index in [2.05, 4.69) is 42.0 Å². The van der Waals surface area contributed by atoms with Gasteiger partial charge in [-0.2, -0.15) is 0 Å². The fraction of sp³-hybridized carbons (Fsp3) is 0.647. The monoisotopic (exact) mass is 498 g/mol. The Labute approximate surface area is 168 Å². The first-order valence-electron chi connectivity index (χ1n) is 8.53. The highest BCUT2D eigenvalue weighted by molar-refractivity contribution is 14.2. The highest BCUT2D eigenvalue weighted by atomic mass is 127. The molecule has 0 radical (unpaired) electrons. The molecule has 5 nitrogen and oxygen atoms in total. The molecule has 142 valence electrons. The van der Waals surface area contributed by atoms with Gasteiger partial charge in [0, 0.05) is 46.6 Å². The lowest BCUT2D eigenvalue weighted by atomic mass is 10.0. The van der Waals surface area contributed by atoms with Crippen LogP contribution in [0.3, 0.4) is 0 Å². The van der Waals surface area contributed by atoms with Crippen LogP contribution in [-0.2, 0) is 25.4 Å². The fourth-order valence-electron chi connectivity index (χ4n) is 3.10. The summed E-state index contributed by atoms with van der Waals surface area (Å²) < 4.78 is 31.3. The molecule has 8 heteroatoms. The van der Waals surface area contributed by atoms with Crippen LogP contribution in [0.15, 0.2) is 34.7 Å². The van der Waals surface area contributed by atoms with Crippen molar-refractivity contribution in [3.05, 3.63) is 35.9 Å². The van der Waals surface area contributed by atoms with Crippen molar-refractivity contribution in [2.24, 2.45) is 4.36 Å². The Kier molecular flexibility index (Phi) is 8.97. The van der Waals surface area contributed by atoms with Gasteiger partial charge in [0.15, 0.2) is 0 Å². The molecular formula is C17H27IN2O3S2. The van der Waals surface area contributed by atoms with Crippen LogP contribution >= 0.6 is 30.4 Å². The summed E-state index contributed by atoms with van der Waals surface area (Å²) in [4.78, 5) is 0. The number of halogens is 1. The molecule has 0 spiro atoms. The smallest absolute Gasteiger partial charge is 0.110 e. The highest BCUT2D eigenvalue weighted by Gasteiger charge is 2.33. The van der Waals surface area contributed by atoms with E-state index in [9.17, 15) is 4.21 Å². The zero-order chi connectivity index (χ0) is 18.3. The topological polar surface area (TPSA) is 51.1 Å². The van der Waals surface area contributed by atoms with Crippen molar-refractivity contribution >= 4 is 40.3 Å². The van der Waals surface area contributed by atoms with E-state index < -0.39 is 9.92 Å². The van der Waals surface area contributed by atoms with Crippen LogP contribution in [0, 0.1) is 0 Å². The fourth-order valence-corrected chi connectivity index (χ4v) is 6.10. The number of benzene rings is 1. The lowest BCUT2D eigenvalue weighted by Gasteiger charge is -2.38. The van der Waals surface area contributed by atoms with Crippen LogP contribution in [0.1, 0.15) is 32.3 Å². The summed E-state index contributed by atoms with van der Waals surface area (Å²) in [5.41, 5.74) is 1.15. The van der Waals surface area contributed by atoms with Crippen molar-refractivity contribution in [2.75, 3.05) is 19.4 Å². The molecule has 1 aliphatic rings. The summed E-state index contributed by atoms with van der Waals surface area (Å²) in [6, 6.07) is 10.3. The summed E-state index contributed by atoms with van der Waals surface area (Å²) in [7, 11) is 0.589. The number of nitrogens with zero attached hydrogens (tertiary/aromatic N) is 2. The van der Waals surface area contributed by atoms with Crippen molar-refractivity contribution in [1.82, 2.24) is 4.31 Å². The predicted molar refractivity (Wildman–Crippen MR) is 114 cm³/mol. The van der Waals surface area contributed by atoms with Crippen LogP contribution in [-0.4, -0.2) is 46.2 Å². The summed E-state index contributed by atoms with van der Waals surface area (Å²) in [6.45, 7) is 5.16. The van der Waals surface area contributed by atoms with Gasteiger partial charge in [-0.3, -0.25) is 4.18 Å². The average molecular weight is 498 g/mol. The van der Waals surface area contributed by atoms with E-state index in [1.807, 2.05) is 32.0 Å². The van der Waals surface area contributed by atoms with Crippen molar-refractivity contribution < 1.29 is 13.1 Å². The number of hydrogen-bond acceptors (Lipinski definition) is 5. The third kappa shape index (κ3) is 5.80. The Bertz CT molecular complexity index is 630. The van der Waals surface area contributed by atoms with Crippen molar-refractivity contribution in [1.29, 1.82) is 0 Å². The minimum Gasteiger partial charge on any atom is -0.374 e. The quantitative estimate of drug-likeness (QED) is 0.392. The molecule has 2 rings (SSSR count). The third-order valence-electron chi connectivity index (χ3n) is 4.62. The van der Waals surface area contributed by atoms with Gasteiger partial charge in [0.25, 0.3) is 0 Å². The molecule has 1 aromatic rings. The molecule has 0 saturated carbocycles. The zero-order valence-electron chi connectivity index (χ0n) is 15.0. The Morgan fingerprint density at radius 1 is 1.44 bits per heavy atom. The van der Waals surface area contributed by atoms with Crippen molar-refractivity contribution in [3.8, 4) is 0 Å². The third-order valence-corrected chi connectivity index (χ3v) is 8.10. The second kappa shape index (κ2) is 10.5. The summed E-state index contributed by atoms with van der Waals surface area (Å²) in [6.07, 6.45) is 1.98. The number of ether oxygens (including phenoxy) is 1. The van der Waals surface area contributed by atoms with Crippen LogP contribution in [0.5, 0.6) is 0 Å². The minimum absolute atomic E-state index is 0.0526. The standard InChI is InChI=1S/C17H27IN2O3S2/c1-4-25(21,19-3)20(12-15-8-6-5-7-9-15)16-10-11-17(22-13-16)14(2)23-24-18/h5-9,14,16-17H,4,10-13H2,1-3H3/t14?,16-,17+,25?/m1/s1. The zero-order valence-corrected chi connectivity index (χ0v) is 18.8. The first-order valence-corrected chi connectivity index (χ1v) is 13.5. The maximum Gasteiger partial charge on any atom is 0.110 e. The summed E-state index contributed by atoms with van der Waals surface area (Å²) >= 11 is 2.13. The van der Waals surface area contributed by atoms with Gasteiger partial charge in [-0.15, -0.1) is 0 Å². The molecule has 0 aromatic heterocycles. The summed E-state index contributed by atoms with van der Waals surface area (Å²) in [5, 5.41) is 0. The maximum absolute atomic E-state index is 13.3. The Morgan fingerprint density at radius 2 is 2.16 bits per heavy atom. The molecule has 1 saturated heterocycles. The van der Waals surface area contributed by atoms with Gasteiger partial charge < -0.3 is 4.74 Å². The predicted octanol–water partition coefficient (Wildman–Crippen LogP) is 4.47. The van der Waals surface area contributed by atoms with E-state index in [1.54, 1.807) is 7.05 Å². The Morgan fingerprint density at radius 3 is 2.68 bits per heavy atom. The normalized spacial score (nSPS) is 24.7. The molecule has 25 heavy (non-hydrogen) atoms. The lowest BCUT2D eigenvalue weighted by Crippen LogP contribution is -2.48. The second-order valence-electron chi connectivity index (χ2n) is 6.11. The van der Waals surface area contributed by atoms with E-state index in [-0.39, 0.29) is 18.2 Å². The van der Waals surface area contributed by atoms with Gasteiger partial charge in [-0.1, -0.05) is 37.3 Å². The first kappa shape index (κ1) is 21.4. The lowest BCUT2D eigenvalue weighted by molar-refractivity contribution is -0.0630. The van der Waals surface area contributed by atoms with E-state index >= 15 is 0 Å². The van der Waals surface area contributed by atoms with E-state index in [4.69, 9.17) is 8.92 Å². The number of rotatable bonds is 8. The SMILES string of the molecule is CCS(=O)(=NC)N(Cc1ccccc1)[C@@H]1CC[C@@H](C(C)OSI)OC1. The van der Waals surface area contributed by atoms with Gasteiger partial charge in [-0.05, 0) is 25.3 Å². The molecule has 0 amide bonds. The van der Waals surface area contributed by atoms with Gasteiger partial charge in [-0.25, -0.2) is 12.9 Å². The van der Waals surface area contributed by atoms with E-state index in [1.165, 1.54) is 9.21 Å². The van der Waals surface area contributed by atoms with Gasteiger partial charge in [0.05, 0.1) is 28.0 Å². The van der Waals surface area contributed by atoms with E-state index in [0.717, 1.165) is 18.4 Å². The minimum atomic E-state index is -2.41. The van der Waals surface area contributed by atoms with Gasteiger partial charge >= 0.3 is 0 Å². The van der Waals surface area contributed by atoms with Crippen LogP contribution in [0.25, 0.3) is 0 Å². The molecule has 1 fully saturated rings. The van der Waals surface area contributed by atoms with Crippen LogP contribution < -0.4 is 0 Å². The Hall–Kier alpha value is 0.130. The first-order chi connectivity index (χ1) is 12.0. The molecule has 0 N–H and O–H groups in total. The van der Waals surface area contributed by atoms with Crippen LogP contribution in [0.2, 0.25) is 0 Å². The molecule has 1 heterocycles. The number of hydrogen-bond donors (Lipinski definition) is 0. The average Bonchev–Trinajstić information content (AvgIpc) is 2.66. The molecule has 2 unspecified atom stereocenters. The van der Waals surface area contributed by atoms with Gasteiger partial charge in [0.1, 0.15) is 9.92 Å². The molecular weight excluding hydrogens is 471 g/mol. The summed E-state index contributed by atoms with van der Waals surface area (Å²) in [5.74, 6) is 0.515. The molecule has 0 aliphatic carbocycles. The van der Waals surface area contributed by atoms with E-state index in [0.29, 0.717) is 18.9 Å². The van der Waals surface area contributed by atoms with Crippen LogP contribution in [0.4, 0.5) is 0 Å². The van der Waals surface area contributed by atoms with Gasteiger partial charge in [0.2, 0.25) is 0 Å².